The van der Waals surface area contributed by atoms with E-state index in [1.807, 2.05) is 37.3 Å². The Labute approximate surface area is 151 Å². The zero-order chi connectivity index (χ0) is 18.9. The molecule has 2 aromatic carbocycles. The third-order valence-corrected chi connectivity index (χ3v) is 3.98. The highest BCUT2D eigenvalue weighted by Crippen LogP contribution is 2.10. The van der Waals surface area contributed by atoms with Crippen molar-refractivity contribution in [1.29, 1.82) is 0 Å². The molecule has 0 unspecified atom stereocenters. The van der Waals surface area contributed by atoms with E-state index >= 15 is 0 Å². The summed E-state index contributed by atoms with van der Waals surface area (Å²) in [4.78, 5) is 25.9. The normalized spacial score (nSPS) is 10.4. The molecule has 2 rings (SSSR count). The number of hydrogen-bond donors (Lipinski definition) is 1. The molecular formula is C20H22F2N2O2. The first-order chi connectivity index (χ1) is 12.5. The number of benzene rings is 2. The van der Waals surface area contributed by atoms with Gasteiger partial charge in [0.2, 0.25) is 5.91 Å². The molecular weight excluding hydrogens is 338 g/mol. The molecule has 0 spiro atoms. The third-order valence-electron chi connectivity index (χ3n) is 3.98. The summed E-state index contributed by atoms with van der Waals surface area (Å²) in [6, 6.07) is 12.5. The minimum Gasteiger partial charge on any atom is -0.352 e. The van der Waals surface area contributed by atoms with Gasteiger partial charge >= 0.3 is 0 Å². The van der Waals surface area contributed by atoms with Gasteiger partial charge < -0.3 is 10.2 Å². The monoisotopic (exact) mass is 360 g/mol. The predicted molar refractivity (Wildman–Crippen MR) is 95.5 cm³/mol. The van der Waals surface area contributed by atoms with Crippen molar-refractivity contribution in [3.63, 3.8) is 0 Å². The van der Waals surface area contributed by atoms with Crippen LogP contribution in [0.5, 0.6) is 0 Å². The topological polar surface area (TPSA) is 49.4 Å². The second kappa shape index (κ2) is 9.65. The van der Waals surface area contributed by atoms with Crippen molar-refractivity contribution in [3.05, 3.63) is 71.3 Å². The molecule has 0 aliphatic heterocycles. The van der Waals surface area contributed by atoms with Crippen LogP contribution in [0.1, 0.15) is 35.7 Å². The molecule has 0 saturated carbocycles. The minimum atomic E-state index is -0.904. The molecule has 138 valence electrons. The first-order valence-electron chi connectivity index (χ1n) is 8.56. The van der Waals surface area contributed by atoms with Gasteiger partial charge in [-0.1, -0.05) is 30.3 Å². The molecule has 0 saturated heterocycles. The average molecular weight is 360 g/mol. The first-order valence-corrected chi connectivity index (χ1v) is 8.56. The van der Waals surface area contributed by atoms with E-state index in [1.54, 1.807) is 4.90 Å². The Hall–Kier alpha value is -2.76. The van der Waals surface area contributed by atoms with Gasteiger partial charge in [0.15, 0.2) is 0 Å². The van der Waals surface area contributed by atoms with Crippen LogP contribution in [-0.4, -0.2) is 29.8 Å². The fourth-order valence-electron chi connectivity index (χ4n) is 2.55. The van der Waals surface area contributed by atoms with Gasteiger partial charge in [0.25, 0.3) is 5.91 Å². The van der Waals surface area contributed by atoms with E-state index in [0.29, 0.717) is 25.6 Å². The Balaban J connectivity index is 1.77. The minimum absolute atomic E-state index is 0.00133. The van der Waals surface area contributed by atoms with Gasteiger partial charge in [-0.25, -0.2) is 8.78 Å². The molecule has 0 bridgehead atoms. The Kier molecular flexibility index (Phi) is 7.26. The number of carbonyl (C=O) groups excluding carboxylic acids is 2. The Bertz CT molecular complexity index is 751. The second-order valence-corrected chi connectivity index (χ2v) is 5.88. The van der Waals surface area contributed by atoms with E-state index in [0.717, 1.165) is 17.7 Å². The van der Waals surface area contributed by atoms with E-state index < -0.39 is 17.5 Å². The molecule has 0 aliphatic rings. The summed E-state index contributed by atoms with van der Waals surface area (Å²) in [5.74, 6) is -2.26. The lowest BCUT2D eigenvalue weighted by Gasteiger charge is -2.21. The zero-order valence-corrected chi connectivity index (χ0v) is 14.7. The maximum Gasteiger partial charge on any atom is 0.254 e. The van der Waals surface area contributed by atoms with Gasteiger partial charge in [-0.15, -0.1) is 0 Å². The molecule has 2 amide bonds. The molecule has 0 atom stereocenters. The van der Waals surface area contributed by atoms with Gasteiger partial charge in [0.05, 0.1) is 5.56 Å². The predicted octanol–water partition coefficient (Wildman–Crippen LogP) is 3.52. The van der Waals surface area contributed by atoms with Crippen molar-refractivity contribution < 1.29 is 18.4 Å². The lowest BCUT2D eigenvalue weighted by molar-refractivity contribution is -0.131. The van der Waals surface area contributed by atoms with Gasteiger partial charge in [-0.2, -0.15) is 0 Å². The number of carbonyl (C=O) groups is 2. The van der Waals surface area contributed by atoms with E-state index in [-0.39, 0.29) is 24.4 Å². The maximum absolute atomic E-state index is 13.5. The van der Waals surface area contributed by atoms with Crippen LogP contribution in [0.2, 0.25) is 0 Å². The molecule has 2 aromatic rings. The second-order valence-electron chi connectivity index (χ2n) is 5.88. The number of rotatable bonds is 8. The van der Waals surface area contributed by atoms with Crippen LogP contribution in [0, 0.1) is 11.6 Å². The van der Waals surface area contributed by atoms with Crippen molar-refractivity contribution >= 4 is 11.8 Å². The number of hydrogen-bond acceptors (Lipinski definition) is 2. The SMILES string of the molecule is CCN(Cc1ccccc1)C(=O)CCCNC(=O)c1ccc(F)cc1F. The molecule has 0 aromatic heterocycles. The lowest BCUT2D eigenvalue weighted by Crippen LogP contribution is -2.31. The van der Waals surface area contributed by atoms with Crippen LogP contribution >= 0.6 is 0 Å². The Morgan fingerprint density at radius 3 is 2.46 bits per heavy atom. The lowest BCUT2D eigenvalue weighted by atomic mass is 10.2. The highest BCUT2D eigenvalue weighted by Gasteiger charge is 2.14. The van der Waals surface area contributed by atoms with E-state index in [9.17, 15) is 18.4 Å². The molecule has 0 radical (unpaired) electrons. The summed E-state index contributed by atoms with van der Waals surface area (Å²) >= 11 is 0. The number of nitrogens with zero attached hydrogens (tertiary/aromatic N) is 1. The molecule has 0 heterocycles. The van der Waals surface area contributed by atoms with Gasteiger partial charge in [-0.05, 0) is 31.0 Å². The summed E-state index contributed by atoms with van der Waals surface area (Å²) in [6.45, 7) is 3.30. The molecule has 0 aliphatic carbocycles. The molecule has 6 heteroatoms. The molecule has 1 N–H and O–H groups in total. The van der Waals surface area contributed by atoms with E-state index in [4.69, 9.17) is 0 Å². The van der Waals surface area contributed by atoms with E-state index in [2.05, 4.69) is 5.32 Å². The van der Waals surface area contributed by atoms with Crippen LogP contribution in [0.4, 0.5) is 8.78 Å². The molecule has 4 nitrogen and oxygen atoms in total. The fourth-order valence-corrected chi connectivity index (χ4v) is 2.55. The summed E-state index contributed by atoms with van der Waals surface area (Å²) in [6.07, 6.45) is 0.728. The van der Waals surface area contributed by atoms with Crippen LogP contribution < -0.4 is 5.32 Å². The number of nitrogens with one attached hydrogen (secondary N) is 1. The molecule has 0 fully saturated rings. The quantitative estimate of drug-likeness (QED) is 0.732. The van der Waals surface area contributed by atoms with Crippen molar-refractivity contribution in [2.45, 2.75) is 26.3 Å². The largest absolute Gasteiger partial charge is 0.352 e. The van der Waals surface area contributed by atoms with Crippen molar-refractivity contribution in [1.82, 2.24) is 10.2 Å². The number of amides is 2. The van der Waals surface area contributed by atoms with E-state index in [1.165, 1.54) is 0 Å². The first kappa shape index (κ1) is 19.6. The third kappa shape index (κ3) is 5.65. The van der Waals surface area contributed by atoms with Crippen molar-refractivity contribution in [2.24, 2.45) is 0 Å². The summed E-state index contributed by atoms with van der Waals surface area (Å²) in [5.41, 5.74) is 0.847. The Morgan fingerprint density at radius 1 is 1.08 bits per heavy atom. The van der Waals surface area contributed by atoms with Crippen molar-refractivity contribution in [2.75, 3.05) is 13.1 Å². The van der Waals surface area contributed by atoms with Crippen molar-refractivity contribution in [3.8, 4) is 0 Å². The van der Waals surface area contributed by atoms with Gasteiger partial charge in [0, 0.05) is 32.1 Å². The average Bonchev–Trinajstić information content (AvgIpc) is 2.63. The van der Waals surface area contributed by atoms with Gasteiger partial charge in [-0.3, -0.25) is 9.59 Å². The van der Waals surface area contributed by atoms with Gasteiger partial charge in [0.1, 0.15) is 11.6 Å². The van der Waals surface area contributed by atoms with Crippen LogP contribution in [-0.2, 0) is 11.3 Å². The Morgan fingerprint density at radius 2 is 1.81 bits per heavy atom. The number of halogens is 2. The maximum atomic E-state index is 13.5. The van der Waals surface area contributed by atoms with Crippen LogP contribution in [0.25, 0.3) is 0 Å². The smallest absolute Gasteiger partial charge is 0.254 e. The highest BCUT2D eigenvalue weighted by atomic mass is 19.1. The van der Waals surface area contributed by atoms with Crippen LogP contribution in [0.15, 0.2) is 48.5 Å². The fraction of sp³-hybridized carbons (Fsp3) is 0.300. The molecule has 26 heavy (non-hydrogen) atoms. The van der Waals surface area contributed by atoms with Crippen LogP contribution in [0.3, 0.4) is 0 Å². The standard InChI is InChI=1S/C20H22F2N2O2/c1-2-24(14-15-7-4-3-5-8-15)19(25)9-6-12-23-20(26)17-11-10-16(21)13-18(17)22/h3-5,7-8,10-11,13H,2,6,9,12,14H2,1H3,(H,23,26). The summed E-state index contributed by atoms with van der Waals surface area (Å²) < 4.78 is 26.4. The highest BCUT2D eigenvalue weighted by molar-refractivity contribution is 5.94. The summed E-state index contributed by atoms with van der Waals surface area (Å²) in [5, 5.41) is 2.55. The zero-order valence-electron chi connectivity index (χ0n) is 14.7. The summed E-state index contributed by atoms with van der Waals surface area (Å²) in [7, 11) is 0.